The van der Waals surface area contributed by atoms with Crippen molar-refractivity contribution in [3.05, 3.63) is 35.9 Å². The molecule has 134 valence electrons. The van der Waals surface area contributed by atoms with Gasteiger partial charge in [0.25, 0.3) is 5.92 Å². The lowest BCUT2D eigenvalue weighted by Crippen LogP contribution is -2.49. The number of rotatable bonds is 10. The second-order valence-corrected chi connectivity index (χ2v) is 5.21. The third-order valence-corrected chi connectivity index (χ3v) is 3.15. The molecule has 0 bridgehead atoms. The topological polar surface area (TPSA) is 87.7 Å². The summed E-state index contributed by atoms with van der Waals surface area (Å²) in [5, 5.41) is 13.5. The summed E-state index contributed by atoms with van der Waals surface area (Å²) in [6, 6.07) is 5.53. The summed E-state index contributed by atoms with van der Waals surface area (Å²) in [5.74, 6) is -4.77. The van der Waals surface area contributed by atoms with Crippen LogP contribution in [-0.2, 0) is 16.0 Å². The van der Waals surface area contributed by atoms with Gasteiger partial charge in [0.05, 0.1) is 6.61 Å². The predicted octanol–water partition coefficient (Wildman–Crippen LogP) is 2.04. The van der Waals surface area contributed by atoms with Gasteiger partial charge in [-0.3, -0.25) is 0 Å². The molecular formula is C16H22F2N2O4. The lowest BCUT2D eigenvalue weighted by Gasteiger charge is -2.22. The number of amides is 2. The van der Waals surface area contributed by atoms with E-state index in [1.807, 2.05) is 0 Å². The molecule has 0 saturated carbocycles. The second-order valence-electron chi connectivity index (χ2n) is 5.21. The van der Waals surface area contributed by atoms with Crippen molar-refractivity contribution in [1.82, 2.24) is 10.6 Å². The first kappa shape index (κ1) is 19.8. The van der Waals surface area contributed by atoms with Crippen LogP contribution in [0.5, 0.6) is 0 Å². The second kappa shape index (κ2) is 9.82. The largest absolute Gasteiger partial charge is 0.480 e. The van der Waals surface area contributed by atoms with Crippen molar-refractivity contribution in [2.45, 2.75) is 31.7 Å². The number of ether oxygens (including phenoxy) is 1. The van der Waals surface area contributed by atoms with Crippen molar-refractivity contribution in [2.75, 3.05) is 19.8 Å². The maximum Gasteiger partial charge on any atom is 0.326 e. The lowest BCUT2D eigenvalue weighted by molar-refractivity contribution is -0.142. The Balaban J connectivity index is 2.55. The molecule has 0 spiro atoms. The molecule has 3 N–H and O–H groups in total. The Labute approximate surface area is 139 Å². The SMILES string of the molecule is CCOCCNC(=O)N[C@@H](CC(F)(F)Cc1ccccc1)C(=O)O. The minimum Gasteiger partial charge on any atom is -0.480 e. The van der Waals surface area contributed by atoms with Crippen molar-refractivity contribution in [1.29, 1.82) is 0 Å². The van der Waals surface area contributed by atoms with Gasteiger partial charge in [0.15, 0.2) is 0 Å². The van der Waals surface area contributed by atoms with Crippen molar-refractivity contribution in [3.63, 3.8) is 0 Å². The van der Waals surface area contributed by atoms with Gasteiger partial charge in [-0.2, -0.15) is 0 Å². The molecule has 1 atom stereocenters. The van der Waals surface area contributed by atoms with Gasteiger partial charge in [-0.15, -0.1) is 0 Å². The Kier molecular flexibility index (Phi) is 8.11. The lowest BCUT2D eigenvalue weighted by atomic mass is 10.0. The first-order valence-electron chi connectivity index (χ1n) is 7.60. The van der Waals surface area contributed by atoms with Crippen molar-refractivity contribution >= 4 is 12.0 Å². The zero-order valence-corrected chi connectivity index (χ0v) is 13.4. The van der Waals surface area contributed by atoms with E-state index in [1.165, 1.54) is 12.1 Å². The molecule has 1 rings (SSSR count). The number of hydrogen-bond donors (Lipinski definition) is 3. The van der Waals surface area contributed by atoms with Crippen LogP contribution in [0.15, 0.2) is 30.3 Å². The van der Waals surface area contributed by atoms with Gasteiger partial charge in [-0.25, -0.2) is 18.4 Å². The molecule has 8 heteroatoms. The van der Waals surface area contributed by atoms with Crippen LogP contribution >= 0.6 is 0 Å². The summed E-state index contributed by atoms with van der Waals surface area (Å²) >= 11 is 0. The van der Waals surface area contributed by atoms with E-state index in [2.05, 4.69) is 10.6 Å². The fourth-order valence-corrected chi connectivity index (χ4v) is 2.06. The van der Waals surface area contributed by atoms with Gasteiger partial charge in [-0.1, -0.05) is 30.3 Å². The number of carboxylic acid groups (broad SMARTS) is 1. The van der Waals surface area contributed by atoms with E-state index in [-0.39, 0.29) is 13.2 Å². The number of nitrogens with one attached hydrogen (secondary N) is 2. The summed E-state index contributed by atoms with van der Waals surface area (Å²) in [5.41, 5.74) is 0.396. The highest BCUT2D eigenvalue weighted by Gasteiger charge is 2.36. The van der Waals surface area contributed by atoms with Crippen LogP contribution in [0.1, 0.15) is 18.9 Å². The van der Waals surface area contributed by atoms with Crippen LogP contribution < -0.4 is 10.6 Å². The van der Waals surface area contributed by atoms with E-state index < -0.39 is 36.8 Å². The highest BCUT2D eigenvalue weighted by molar-refractivity contribution is 5.82. The predicted molar refractivity (Wildman–Crippen MR) is 84.2 cm³/mol. The number of benzene rings is 1. The molecule has 2 amide bonds. The molecule has 0 unspecified atom stereocenters. The average molecular weight is 344 g/mol. The van der Waals surface area contributed by atoms with Gasteiger partial charge < -0.3 is 20.5 Å². The van der Waals surface area contributed by atoms with Gasteiger partial charge in [0.1, 0.15) is 6.04 Å². The third-order valence-electron chi connectivity index (χ3n) is 3.15. The standard InChI is InChI=1S/C16H22F2N2O4/c1-2-24-9-8-19-15(23)20-13(14(21)22)11-16(17,18)10-12-6-4-3-5-7-12/h3-7,13H,2,8-11H2,1H3,(H,21,22)(H2,19,20,23)/t13-/m0/s1. The smallest absolute Gasteiger partial charge is 0.326 e. The zero-order chi connectivity index (χ0) is 18.0. The van der Waals surface area contributed by atoms with Crippen molar-refractivity contribution in [2.24, 2.45) is 0 Å². The van der Waals surface area contributed by atoms with Crippen LogP contribution in [0.25, 0.3) is 0 Å². The first-order chi connectivity index (χ1) is 11.3. The summed E-state index contributed by atoms with van der Waals surface area (Å²) in [6.07, 6.45) is -1.58. The molecule has 24 heavy (non-hydrogen) atoms. The fraction of sp³-hybridized carbons (Fsp3) is 0.500. The Hall–Kier alpha value is -2.22. The number of hydrogen-bond acceptors (Lipinski definition) is 3. The average Bonchev–Trinajstić information content (AvgIpc) is 2.51. The molecule has 1 aromatic rings. The normalized spacial score (nSPS) is 12.5. The fourth-order valence-electron chi connectivity index (χ4n) is 2.06. The van der Waals surface area contributed by atoms with Crippen LogP contribution in [-0.4, -0.2) is 48.8 Å². The van der Waals surface area contributed by atoms with E-state index in [1.54, 1.807) is 25.1 Å². The molecule has 0 fully saturated rings. The summed E-state index contributed by atoms with van der Waals surface area (Å²) in [4.78, 5) is 22.7. The molecule has 0 aliphatic heterocycles. The molecule has 0 heterocycles. The van der Waals surface area contributed by atoms with Crippen molar-refractivity contribution < 1.29 is 28.2 Å². The van der Waals surface area contributed by atoms with Crippen LogP contribution in [0.4, 0.5) is 13.6 Å². The number of carbonyl (C=O) groups excluding carboxylic acids is 1. The number of urea groups is 1. The van der Waals surface area contributed by atoms with E-state index in [9.17, 15) is 18.4 Å². The Morgan fingerprint density at radius 3 is 2.54 bits per heavy atom. The maximum atomic E-state index is 14.1. The highest BCUT2D eigenvalue weighted by atomic mass is 19.3. The van der Waals surface area contributed by atoms with Crippen LogP contribution in [0, 0.1) is 0 Å². The first-order valence-corrected chi connectivity index (χ1v) is 7.60. The van der Waals surface area contributed by atoms with Crippen LogP contribution in [0.2, 0.25) is 0 Å². The third kappa shape index (κ3) is 7.87. The zero-order valence-electron chi connectivity index (χ0n) is 13.4. The molecule has 0 radical (unpaired) electrons. The number of halogens is 2. The Morgan fingerprint density at radius 1 is 1.29 bits per heavy atom. The Bertz CT molecular complexity index is 526. The van der Waals surface area contributed by atoms with E-state index >= 15 is 0 Å². The van der Waals surface area contributed by atoms with Gasteiger partial charge >= 0.3 is 12.0 Å². The number of alkyl halides is 2. The summed E-state index contributed by atoms with van der Waals surface area (Å²) in [7, 11) is 0. The number of carboxylic acids is 1. The van der Waals surface area contributed by atoms with Crippen molar-refractivity contribution in [3.8, 4) is 0 Å². The van der Waals surface area contributed by atoms with Crippen LogP contribution in [0.3, 0.4) is 0 Å². The van der Waals surface area contributed by atoms with Gasteiger partial charge in [0.2, 0.25) is 0 Å². The quantitative estimate of drug-likeness (QED) is 0.567. The Morgan fingerprint density at radius 2 is 1.96 bits per heavy atom. The van der Waals surface area contributed by atoms with E-state index in [0.717, 1.165) is 0 Å². The van der Waals surface area contributed by atoms with Gasteiger partial charge in [-0.05, 0) is 12.5 Å². The summed E-state index contributed by atoms with van der Waals surface area (Å²) < 4.78 is 33.1. The minimum atomic E-state index is -3.26. The minimum absolute atomic E-state index is 0.159. The molecule has 0 aromatic heterocycles. The molecule has 1 aromatic carbocycles. The van der Waals surface area contributed by atoms with E-state index in [4.69, 9.17) is 9.84 Å². The monoisotopic (exact) mass is 344 g/mol. The molecular weight excluding hydrogens is 322 g/mol. The highest BCUT2D eigenvalue weighted by Crippen LogP contribution is 2.25. The maximum absolute atomic E-state index is 14.1. The summed E-state index contributed by atoms with van der Waals surface area (Å²) in [6.45, 7) is 2.68. The number of carbonyl (C=O) groups is 2. The molecule has 0 saturated heterocycles. The molecule has 0 aliphatic carbocycles. The molecule has 0 aliphatic rings. The molecule has 6 nitrogen and oxygen atoms in total. The van der Waals surface area contributed by atoms with Gasteiger partial charge in [0, 0.05) is 26.0 Å². The number of aliphatic carboxylic acids is 1. The van der Waals surface area contributed by atoms with E-state index in [0.29, 0.717) is 12.2 Å².